The molecule has 0 aliphatic heterocycles. The Hall–Kier alpha value is -12.0. The van der Waals surface area contributed by atoms with Gasteiger partial charge in [-0.2, -0.15) is 22.8 Å². The number of halogens is 10. The molecule has 18 heteroatoms. The first-order chi connectivity index (χ1) is 61.3. The van der Waals surface area contributed by atoms with Crippen molar-refractivity contribution in [2.75, 3.05) is 0 Å². The molecule has 680 valence electrons. The number of aryl methyl sites for hydroxylation is 6. The number of hydrogen-bond donors (Lipinski definition) is 2. The van der Waals surface area contributed by atoms with E-state index >= 15 is 0 Å². The normalized spacial score (nSPS) is 11.2. The Morgan fingerprint density at radius 1 is 0.244 bits per heavy atom. The minimum atomic E-state index is -2.17. The van der Waals surface area contributed by atoms with E-state index in [2.05, 4.69) is 245 Å². The quantitative estimate of drug-likeness (QED) is 0.0521. The van der Waals surface area contributed by atoms with Crippen molar-refractivity contribution in [3.63, 3.8) is 0 Å². The third-order valence-corrected chi connectivity index (χ3v) is 26.3. The van der Waals surface area contributed by atoms with Gasteiger partial charge in [0.15, 0.2) is 0 Å². The number of para-hydroxylation sites is 2. The van der Waals surface area contributed by atoms with Crippen LogP contribution in [0, 0.1) is 99.7 Å². The van der Waals surface area contributed by atoms with Gasteiger partial charge in [-0.25, -0.2) is 0 Å². The van der Waals surface area contributed by atoms with Crippen LogP contribution in [0.4, 0.5) is 55.3 Å². The molecule has 0 radical (unpaired) electrons. The second kappa shape index (κ2) is 44.8. The zero-order valence-corrected chi connectivity index (χ0v) is 80.6. The molecular weight excluding hydrogens is 1830 g/mol. The maximum Gasteiger partial charge on any atom is 0.131 e. The Labute approximate surface area is 781 Å². The van der Waals surface area contributed by atoms with Crippen molar-refractivity contribution >= 4 is 20.2 Å². The third kappa shape index (κ3) is 27.1. The van der Waals surface area contributed by atoms with Crippen LogP contribution >= 0.6 is 0 Å². The van der Waals surface area contributed by atoms with Crippen LogP contribution in [-0.4, -0.2) is 19.0 Å². The molecule has 2 heterocycles. The summed E-state index contributed by atoms with van der Waals surface area (Å²) in [5, 5.41) is 23.1. The van der Waals surface area contributed by atoms with Gasteiger partial charge < -0.3 is 20.2 Å². The van der Waals surface area contributed by atoms with Gasteiger partial charge >= 0.3 is 275 Å². The summed E-state index contributed by atoms with van der Waals surface area (Å²) in [5.74, 6) is -19.2. The molecule has 0 spiro atoms. The molecule has 0 atom stereocenters. The van der Waals surface area contributed by atoms with Crippen molar-refractivity contribution in [3.8, 4) is 89.4 Å². The van der Waals surface area contributed by atoms with E-state index in [0.29, 0.717) is 11.5 Å². The molecule has 0 amide bonds. The topological polar surface area (TPSA) is 93.4 Å². The summed E-state index contributed by atoms with van der Waals surface area (Å²) in [5.41, 5.74) is 24.1. The molecule has 15 rings (SSSR count). The van der Waals surface area contributed by atoms with E-state index in [4.69, 9.17) is 0 Å². The maximum atomic E-state index is 13.5. The molecule has 0 aliphatic carbocycles. The van der Waals surface area contributed by atoms with Crippen LogP contribution in [0.15, 0.2) is 292 Å². The molecule has 131 heavy (non-hydrogen) atoms. The second-order valence-corrected chi connectivity index (χ2v) is 39.2. The van der Waals surface area contributed by atoms with Gasteiger partial charge in [-0.1, -0.05) is 303 Å². The zero-order chi connectivity index (χ0) is 94.9. The van der Waals surface area contributed by atoms with Crippen molar-refractivity contribution in [2.45, 2.75) is 166 Å². The minimum Gasteiger partial charge on any atom is -0.665 e. The first-order valence-electron chi connectivity index (χ1n) is 42.4. The number of aromatic nitrogens is 2. The summed E-state index contributed by atoms with van der Waals surface area (Å²) < 4.78 is 143. The molecular formula is C113H112F10Mo2N4O2-2. The van der Waals surface area contributed by atoms with Gasteiger partial charge in [0, 0.05) is 22.3 Å². The molecule has 15 aromatic rings. The molecule has 0 saturated carbocycles. The van der Waals surface area contributed by atoms with Gasteiger partial charge in [0.05, 0.1) is 0 Å². The second-order valence-electron chi connectivity index (χ2n) is 36.1. The summed E-state index contributed by atoms with van der Waals surface area (Å²) in [6, 6.07) is 96.6. The molecule has 13 aromatic carbocycles. The molecule has 0 bridgehead atoms. The third-order valence-electron chi connectivity index (χ3n) is 21.5. The van der Waals surface area contributed by atoms with Gasteiger partial charge in [0.25, 0.3) is 0 Å². The smallest absolute Gasteiger partial charge is 0.131 e. The van der Waals surface area contributed by atoms with E-state index in [1.807, 2.05) is 189 Å². The van der Waals surface area contributed by atoms with Crippen LogP contribution in [0.1, 0.15) is 159 Å². The monoisotopic (exact) mass is 1940 g/mol. The van der Waals surface area contributed by atoms with E-state index in [9.17, 15) is 54.1 Å². The van der Waals surface area contributed by atoms with Crippen LogP contribution in [0.2, 0.25) is 0 Å². The predicted octanol–water partition coefficient (Wildman–Crippen LogP) is 32.2. The number of hydrogen-bond acceptors (Lipinski definition) is 4. The summed E-state index contributed by atoms with van der Waals surface area (Å²) in [7, 11) is 0. The number of phenols is 2. The number of rotatable bonds is 13. The fraction of sp³-hybridized carbons (Fsp3) is 0.221. The van der Waals surface area contributed by atoms with Crippen molar-refractivity contribution < 1.29 is 90.0 Å². The fourth-order valence-electron chi connectivity index (χ4n) is 14.0. The minimum absolute atomic E-state index is 0. The molecule has 0 saturated heterocycles. The van der Waals surface area contributed by atoms with Crippen molar-refractivity contribution in [2.24, 2.45) is 6.99 Å². The van der Waals surface area contributed by atoms with Crippen LogP contribution in [0.25, 0.3) is 77.9 Å². The zero-order valence-electron chi connectivity index (χ0n) is 76.6. The summed E-state index contributed by atoms with van der Waals surface area (Å²) in [6.45, 7) is 39.9. The Bertz CT molecular complexity index is 6240. The molecule has 0 unspecified atom stereocenters. The van der Waals surface area contributed by atoms with Crippen molar-refractivity contribution in [1.29, 1.82) is 0 Å². The number of phenolic OH excluding ortho intramolecular Hbond substituents is 2. The van der Waals surface area contributed by atoms with Crippen LogP contribution < -0.4 is 9.97 Å². The SMILES string of the molecule is C.CC(C)([CH]=[Mo]=[N]c1c(F)c(F)c(F)c(F)c1F)c1ccccc1.CC(C)([CH]=[Mo]=[N]c1c(F)c(F)c(F)c(F)c1F)c1ccccc1.Cc1cc(-c2cccc(-c3cc(C(C)(C)C)cc(C(C)(C)C)c3)c2O)cc(C(C)(C)C)c1.Cc1cc(-c2ccccc2)cc(-c2cccc(-c3cc(-c4ccccc4)cc(-c4ccccc4)c3)c2O)c1.Cc1ccc(C)[n-]1.Cc1ccc(C)[n-]1. The van der Waals surface area contributed by atoms with Crippen LogP contribution in [0.3, 0.4) is 0 Å². The molecule has 0 fully saturated rings. The van der Waals surface area contributed by atoms with E-state index < -0.39 is 116 Å². The molecule has 2 N–H and O–H groups in total. The summed E-state index contributed by atoms with van der Waals surface area (Å²) in [4.78, 5) is 8.22. The Morgan fingerprint density at radius 3 is 0.756 bits per heavy atom. The van der Waals surface area contributed by atoms with Gasteiger partial charge in [-0.05, 0) is 132 Å². The van der Waals surface area contributed by atoms with Crippen molar-refractivity contribution in [1.82, 2.24) is 9.97 Å². The van der Waals surface area contributed by atoms with Gasteiger partial charge in [0.2, 0.25) is 0 Å². The largest absolute Gasteiger partial charge is 0.665 e. The molecule has 6 nitrogen and oxygen atoms in total. The van der Waals surface area contributed by atoms with Gasteiger partial charge in [0.1, 0.15) is 11.5 Å². The van der Waals surface area contributed by atoms with E-state index in [0.717, 1.165) is 117 Å². The van der Waals surface area contributed by atoms with Crippen molar-refractivity contribution in [3.05, 3.63) is 405 Å². The maximum absolute atomic E-state index is 13.5. The van der Waals surface area contributed by atoms with E-state index in [1.54, 1.807) is 8.80 Å². The first kappa shape index (κ1) is 103. The molecule has 2 aromatic heterocycles. The average Bonchev–Trinajstić information content (AvgIpc) is 0.885. The van der Waals surface area contributed by atoms with E-state index in [1.165, 1.54) is 22.3 Å². The Kier molecular flexibility index (Phi) is 35.1. The first-order valence-corrected chi connectivity index (χ1v) is 46.5. The summed E-state index contributed by atoms with van der Waals surface area (Å²) >= 11 is -2.94. The van der Waals surface area contributed by atoms with Crippen LogP contribution in [-0.2, 0) is 62.9 Å². The Morgan fingerprint density at radius 2 is 0.473 bits per heavy atom. The van der Waals surface area contributed by atoms with Crippen LogP contribution in [0.5, 0.6) is 11.5 Å². The number of aromatic hydroxyl groups is 2. The predicted molar refractivity (Wildman–Crippen MR) is 513 cm³/mol. The van der Waals surface area contributed by atoms with Gasteiger partial charge in [-0.15, -0.1) is 0 Å². The Balaban J connectivity index is 0.000000189. The standard InChI is InChI=1S/C37H28O.C31H40O.2C10H12.2C6F5N.2C6H8N.CH4.2Mo/c1-26-20-30(27-12-5-2-6-13-27)23-33(21-26)35-18-11-19-36(37(35)38)34-24-31(28-14-7-3-8-15-28)22-32(25-34)29-16-9-4-10-17-29;1-20-14-21(16-23(15-20)29(2,3)4)26-12-11-13-27(28(26)32)22-17-24(30(5,6)7)19-25(18-22)31(8,9)10;2*1-10(2,3)9-7-5-4-6-8-9;2*7-1-2(8)4(10)6(12)5(11)3(1)9;2*1-5-3-4-6(2)7-5;;;/h2-25,38H,1H3;11-19,32H,1-10H3;2*1,4-8H,2-3H3;;;2*3-4H,1-2H3;1H4;;/q;;;;;;2*-1;;;. The summed E-state index contributed by atoms with van der Waals surface area (Å²) in [6.07, 6.45) is 0. The average molecular weight is 1940 g/mol. The van der Waals surface area contributed by atoms with Gasteiger partial charge in [-0.3, -0.25) is 0 Å². The number of nitrogens with zero attached hydrogens (tertiary/aromatic N) is 4. The number of benzene rings is 13. The van der Waals surface area contributed by atoms with E-state index in [-0.39, 0.29) is 23.7 Å². The molecule has 0 aliphatic rings. The fourth-order valence-corrected chi connectivity index (χ4v) is 17.5.